The van der Waals surface area contributed by atoms with Crippen LogP contribution in [0.25, 0.3) is 0 Å². The summed E-state index contributed by atoms with van der Waals surface area (Å²) in [5.74, 6) is -14.1. The second-order valence-corrected chi connectivity index (χ2v) is 28.8. The van der Waals surface area contributed by atoms with E-state index in [2.05, 4.69) is 68.1 Å². The zero-order valence-electron chi connectivity index (χ0n) is 53.3. The zero-order valence-corrected chi connectivity index (χ0v) is 56.5. The van der Waals surface area contributed by atoms with Crippen LogP contribution < -0.4 is 58.9 Å². The van der Waals surface area contributed by atoms with Crippen LogP contribution in [0.15, 0.2) is 41.8 Å². The molecule has 0 saturated carbocycles. The third-order valence-electron chi connectivity index (χ3n) is 17.1. The van der Waals surface area contributed by atoms with Gasteiger partial charge in [0.25, 0.3) is 0 Å². The average Bonchev–Trinajstić information content (AvgIpc) is 1.76. The van der Waals surface area contributed by atoms with Crippen LogP contribution in [0, 0.1) is 5.92 Å². The summed E-state index contributed by atoms with van der Waals surface area (Å²) in [7, 11) is 3.63. The van der Waals surface area contributed by atoms with Gasteiger partial charge in [-0.05, 0) is 62.5 Å². The first-order valence-corrected chi connectivity index (χ1v) is 36.8. The summed E-state index contributed by atoms with van der Waals surface area (Å²) in [5.41, 5.74) is 7.46. The number of para-hydroxylation sites is 1. The Morgan fingerprint density at radius 2 is 1.23 bits per heavy atom. The molecule has 1 aromatic heterocycles. The second kappa shape index (κ2) is 36.6. The Kier molecular flexibility index (Phi) is 28.9. The molecule has 31 nitrogen and oxygen atoms in total. The monoisotopic (exact) mass is 1400 g/mol. The summed E-state index contributed by atoms with van der Waals surface area (Å²) in [6, 6.07) is -9.94. The Balaban J connectivity index is 1.31. The first kappa shape index (κ1) is 74.9. The molecule has 2 aromatic rings. The van der Waals surface area contributed by atoms with Crippen LogP contribution in [0.1, 0.15) is 109 Å². The number of benzene rings is 1. The van der Waals surface area contributed by atoms with E-state index in [9.17, 15) is 58.2 Å². The molecule has 0 spiro atoms. The van der Waals surface area contributed by atoms with Crippen molar-refractivity contribution in [2.24, 2.45) is 16.6 Å². The van der Waals surface area contributed by atoms with E-state index in [1.54, 1.807) is 45.2 Å². The normalized spacial score (nSPS) is 29.0. The van der Waals surface area contributed by atoms with Gasteiger partial charge in [0, 0.05) is 66.5 Å². The molecule has 520 valence electrons. The van der Waals surface area contributed by atoms with Gasteiger partial charge in [-0.3, -0.25) is 62.5 Å². The van der Waals surface area contributed by atoms with E-state index in [4.69, 9.17) is 5.73 Å². The lowest BCUT2D eigenvalue weighted by atomic mass is 9.92. The van der Waals surface area contributed by atoms with Gasteiger partial charge in [-0.2, -0.15) is 0 Å². The molecule has 1 unspecified atom stereocenters. The minimum Gasteiger partial charge on any atom is -0.480 e. The van der Waals surface area contributed by atoms with Gasteiger partial charge in [0.05, 0.1) is 25.2 Å². The third-order valence-corrected chi connectivity index (χ3v) is 21.9. The number of carboxylic acid groups (broad SMARTS) is 1. The molecule has 4 saturated heterocycles. The number of hydrogen-bond donors (Lipinski definition) is 14. The molecule has 15 N–H and O–H groups in total. The maximum absolute atomic E-state index is 15.1. The van der Waals surface area contributed by atoms with Crippen molar-refractivity contribution in [1.29, 1.82) is 0 Å². The first-order valence-electron chi connectivity index (χ1n) is 31.9. The molecule has 35 heteroatoms. The highest BCUT2D eigenvalue weighted by atomic mass is 33.1. The fourth-order valence-electron chi connectivity index (χ4n) is 11.4. The van der Waals surface area contributed by atoms with Gasteiger partial charge in [0.1, 0.15) is 72.5 Å². The number of rotatable bonds is 14. The van der Waals surface area contributed by atoms with Crippen LogP contribution in [-0.4, -0.2) is 235 Å². The Labute approximate surface area is 565 Å². The molecule has 0 radical (unpaired) electrons. The number of amides is 12. The number of imidazole rings is 1. The molecule has 1 aromatic carbocycles. The number of carbonyl (C=O) groups excluding carboxylic acids is 12. The number of carbonyl (C=O) groups is 13. The second-order valence-electron chi connectivity index (χ2n) is 23.7. The number of nitrogens with two attached hydrogens (primary N) is 1. The number of hydrogen-bond acceptors (Lipinski definition) is 21. The average molecular weight is 1400 g/mol. The molecule has 0 aliphatic carbocycles. The standard InChI is InChI=1S/C60H86N16O15S4/c1-5-8-14-37-58(88)75-18-11-17-46(75)56(86)73-44(60(90)91)29-95-94-27-42-53(83)70-40(25-77)51(81)69-39(21-33-24-62-30-64-33)59(89)76-19-12-16-45(76)55(85)66-35(7-3)49(79)71-43(28-93-92-26-41(52(82)72-42)65-47(78)22-61)54(84)74-48(31(4)6-2)57(87)68-38(50(80)67-37)20-32-23-63-36-15-10-9-13-34(32)36/h9-10,13,15,23-24,30-32,35,37-46,48,77H,5-8,11-12,14,16-22,25-29,61H2,1-4H3,(H,62,64)(H,65,78)(H,66,85)(H,67,80)(H,68,87)(H,69,81)(H,70,83)(H,71,79)(H,72,82)(H,73,86)(H,74,84)(H,90,91)/t31-,32?,35+,37+,38+,39+,40+,41+,42+,43+,44+,45+,46+,48+/m1/s1. The summed E-state index contributed by atoms with van der Waals surface area (Å²) in [6.07, 6.45) is 6.45. The lowest BCUT2D eigenvalue weighted by molar-refractivity contribution is -0.144. The van der Waals surface area contributed by atoms with Gasteiger partial charge in [-0.1, -0.05) is 108 Å². The molecule has 5 aliphatic heterocycles. The highest BCUT2D eigenvalue weighted by Crippen LogP contribution is 2.35. The van der Waals surface area contributed by atoms with E-state index in [0.717, 1.165) is 48.7 Å². The van der Waals surface area contributed by atoms with Crippen LogP contribution in [0.2, 0.25) is 0 Å². The quantitative estimate of drug-likeness (QED) is 0.0923. The predicted molar refractivity (Wildman–Crippen MR) is 356 cm³/mol. The highest BCUT2D eigenvalue weighted by molar-refractivity contribution is 8.77. The fraction of sp³-hybridized carbons (Fsp3) is 0.617. The molecule has 7 rings (SSSR count). The van der Waals surface area contributed by atoms with Crippen molar-refractivity contribution in [3.05, 3.63) is 48.0 Å². The number of aliphatic hydroxyl groups excluding tert-OH is 1. The van der Waals surface area contributed by atoms with Gasteiger partial charge in [-0.15, -0.1) is 0 Å². The van der Waals surface area contributed by atoms with Crippen LogP contribution in [-0.2, 0) is 68.7 Å². The van der Waals surface area contributed by atoms with E-state index in [1.165, 1.54) is 22.3 Å². The summed E-state index contributed by atoms with van der Waals surface area (Å²) >= 11 is 0. The smallest absolute Gasteiger partial charge is 0.327 e. The number of carboxylic acids is 1. The van der Waals surface area contributed by atoms with Crippen molar-refractivity contribution in [1.82, 2.24) is 72.9 Å². The minimum absolute atomic E-state index is 0.0315. The lowest BCUT2D eigenvalue weighted by Gasteiger charge is -2.32. The molecule has 4 fully saturated rings. The minimum atomic E-state index is -1.79. The number of aliphatic imine (C=N–C) groups is 1. The number of fused-ring (bicyclic) bond motifs is 11. The molecule has 12 amide bonds. The highest BCUT2D eigenvalue weighted by Gasteiger charge is 2.44. The van der Waals surface area contributed by atoms with Crippen LogP contribution in [0.4, 0.5) is 5.69 Å². The van der Waals surface area contributed by atoms with Crippen LogP contribution in [0.3, 0.4) is 0 Å². The molecule has 5 aliphatic rings. The van der Waals surface area contributed by atoms with Crippen molar-refractivity contribution in [2.75, 3.05) is 49.3 Å². The third kappa shape index (κ3) is 20.5. The number of nitrogens with one attached hydrogen (secondary N) is 11. The molecule has 2 bridgehead atoms. The number of aliphatic carboxylic acids is 1. The Morgan fingerprint density at radius 3 is 1.85 bits per heavy atom. The van der Waals surface area contributed by atoms with E-state index in [0.29, 0.717) is 43.5 Å². The molecular formula is C60H86N16O15S4. The number of aromatic nitrogens is 2. The SMILES string of the molecule is CCCC[C@@H]1NC(=O)[C@H](CC2C=Nc3ccccc32)NC(=O)[C@H]([C@H](C)CC)NC(=O)[C@@H]2CSSC[C@H](NC(=O)CN)C(=O)N[C@@H](CSSC[C@@H](C(=O)O)NC(=O)[C@@H]3CCCN3C1=O)C(=O)N[C@@H](CO)C(=O)N[C@@H](Cc1cnc[nH]1)C(=O)N1CCC[C@H]1C(=O)N[C@@H](CC)C(=O)N2. The lowest BCUT2D eigenvalue weighted by Crippen LogP contribution is -2.62. The van der Waals surface area contributed by atoms with E-state index in [-0.39, 0.29) is 74.6 Å². The summed E-state index contributed by atoms with van der Waals surface area (Å²) in [4.78, 5) is 201. The molecular weight excluding hydrogens is 1310 g/mol. The maximum atomic E-state index is 15.1. The van der Waals surface area contributed by atoms with Crippen molar-refractivity contribution in [3.63, 3.8) is 0 Å². The van der Waals surface area contributed by atoms with Crippen LogP contribution >= 0.6 is 43.2 Å². The molecule has 14 atom stereocenters. The van der Waals surface area contributed by atoms with Gasteiger partial charge in [0.2, 0.25) is 70.9 Å². The molecule has 95 heavy (non-hydrogen) atoms. The van der Waals surface area contributed by atoms with Crippen molar-refractivity contribution in [3.8, 4) is 0 Å². The Morgan fingerprint density at radius 1 is 0.663 bits per heavy atom. The molecule has 6 heterocycles. The van der Waals surface area contributed by atoms with Gasteiger partial charge >= 0.3 is 5.97 Å². The van der Waals surface area contributed by atoms with E-state index in [1.807, 2.05) is 13.0 Å². The number of aromatic amines is 1. The topological polar surface area (TPSA) is 456 Å². The van der Waals surface area contributed by atoms with Crippen molar-refractivity contribution >= 4 is 132 Å². The van der Waals surface area contributed by atoms with Gasteiger partial charge in [0.15, 0.2) is 0 Å². The van der Waals surface area contributed by atoms with E-state index < -0.39 is 174 Å². The van der Waals surface area contributed by atoms with Crippen molar-refractivity contribution < 1.29 is 72.5 Å². The van der Waals surface area contributed by atoms with E-state index >= 15 is 14.4 Å². The summed E-state index contributed by atoms with van der Waals surface area (Å²) in [6.45, 7) is 5.42. The van der Waals surface area contributed by atoms with Crippen molar-refractivity contribution in [2.45, 2.75) is 177 Å². The fourth-order valence-corrected chi connectivity index (χ4v) is 16.1. The predicted octanol–water partition coefficient (Wildman–Crippen LogP) is -1.86. The number of nitrogens with zero attached hydrogens (tertiary/aromatic N) is 4. The largest absolute Gasteiger partial charge is 0.480 e. The number of H-pyrrole nitrogens is 1. The number of aliphatic hydroxyl groups is 1. The van der Waals surface area contributed by atoms with Gasteiger partial charge in [-0.25, -0.2) is 9.78 Å². The zero-order chi connectivity index (χ0) is 68.9. The Hall–Kier alpha value is -7.47. The summed E-state index contributed by atoms with van der Waals surface area (Å²) in [5, 5.41) is 47.8. The summed E-state index contributed by atoms with van der Waals surface area (Å²) < 4.78 is 0. The van der Waals surface area contributed by atoms with Crippen LogP contribution in [0.5, 0.6) is 0 Å². The first-order chi connectivity index (χ1) is 45.6. The Bertz CT molecular complexity index is 3130. The maximum Gasteiger partial charge on any atom is 0.327 e. The number of unbranched alkanes of at least 4 members (excludes halogenated alkanes) is 1. The van der Waals surface area contributed by atoms with Gasteiger partial charge < -0.3 is 83.9 Å².